The van der Waals surface area contributed by atoms with E-state index in [0.29, 0.717) is 24.5 Å². The number of anilines is 1. The normalized spacial score (nSPS) is 21.4. The van der Waals surface area contributed by atoms with Gasteiger partial charge in [0.2, 0.25) is 0 Å². The summed E-state index contributed by atoms with van der Waals surface area (Å²) in [5, 5.41) is 0.751. The standard InChI is InChI=1S/C28H49N4O5P/c1-4-7-9-11-13-15-22(16-14-12-10-8-5-2)35-20-25-24(37-38(33,34)6-3)19-26(36-25)32-18-17-23-27(29)30-21-31-28(23)32/h17-18,21-22,24-26H,4-16,19-20H2,1-3H3,(H,33,34)(H2,29,30,31)/t24-,25+,26+/m0/s1. The van der Waals surface area contributed by atoms with E-state index in [-0.39, 0.29) is 12.3 Å². The number of aromatic nitrogens is 3. The molecule has 38 heavy (non-hydrogen) atoms. The summed E-state index contributed by atoms with van der Waals surface area (Å²) >= 11 is 0. The average molecular weight is 553 g/mol. The fourth-order valence-corrected chi connectivity index (χ4v) is 5.93. The molecule has 0 saturated carbocycles. The number of nitrogens with zero attached hydrogens (tertiary/aromatic N) is 3. The molecule has 2 aromatic rings. The van der Waals surface area contributed by atoms with Crippen LogP contribution in [0.2, 0.25) is 0 Å². The van der Waals surface area contributed by atoms with Crippen LogP contribution in [0, 0.1) is 0 Å². The molecule has 0 amide bonds. The van der Waals surface area contributed by atoms with E-state index < -0.39 is 26.0 Å². The molecule has 3 heterocycles. The van der Waals surface area contributed by atoms with Gasteiger partial charge in [-0.2, -0.15) is 0 Å². The molecule has 4 atom stereocenters. The van der Waals surface area contributed by atoms with Gasteiger partial charge in [-0.05, 0) is 18.9 Å². The van der Waals surface area contributed by atoms with Gasteiger partial charge < -0.3 is 29.2 Å². The topological polar surface area (TPSA) is 122 Å². The van der Waals surface area contributed by atoms with Gasteiger partial charge in [0.05, 0.1) is 24.2 Å². The molecule has 10 heteroatoms. The predicted molar refractivity (Wildman–Crippen MR) is 152 cm³/mol. The van der Waals surface area contributed by atoms with Crippen molar-refractivity contribution in [2.45, 2.75) is 129 Å². The maximum absolute atomic E-state index is 12.5. The first-order valence-corrected chi connectivity index (χ1v) is 16.5. The number of nitrogens with two attached hydrogens (primary N) is 1. The Morgan fingerprint density at radius 1 is 1.08 bits per heavy atom. The van der Waals surface area contributed by atoms with Crippen LogP contribution in [0.1, 0.15) is 110 Å². The van der Waals surface area contributed by atoms with Crippen molar-refractivity contribution < 1.29 is 23.5 Å². The van der Waals surface area contributed by atoms with Crippen molar-refractivity contribution in [2.24, 2.45) is 0 Å². The average Bonchev–Trinajstić information content (AvgIpc) is 3.51. The molecule has 0 radical (unpaired) electrons. The fourth-order valence-electron chi connectivity index (χ4n) is 5.13. The van der Waals surface area contributed by atoms with E-state index in [2.05, 4.69) is 23.8 Å². The SMILES string of the molecule is CCCCCCCC(CCCCCCC)OC[C@H]1O[C@@H](n2ccc3c(N)ncnc32)C[C@@H]1OP(=O)(O)CC. The van der Waals surface area contributed by atoms with Gasteiger partial charge in [0, 0.05) is 18.8 Å². The second kappa shape index (κ2) is 15.9. The minimum Gasteiger partial charge on any atom is -0.383 e. The van der Waals surface area contributed by atoms with Crippen LogP contribution in [0.3, 0.4) is 0 Å². The number of ether oxygens (including phenoxy) is 2. The zero-order chi connectivity index (χ0) is 27.4. The van der Waals surface area contributed by atoms with Gasteiger partial charge in [-0.25, -0.2) is 9.97 Å². The highest BCUT2D eigenvalue weighted by atomic mass is 31.2. The number of rotatable bonds is 19. The van der Waals surface area contributed by atoms with Gasteiger partial charge >= 0.3 is 7.60 Å². The minimum absolute atomic E-state index is 0.0517. The molecule has 1 unspecified atom stereocenters. The molecule has 0 spiro atoms. The monoisotopic (exact) mass is 552 g/mol. The third-order valence-corrected chi connectivity index (χ3v) is 8.89. The first kappa shape index (κ1) is 31.0. The lowest BCUT2D eigenvalue weighted by molar-refractivity contribution is -0.0796. The summed E-state index contributed by atoms with van der Waals surface area (Å²) in [5.41, 5.74) is 6.69. The lowest BCUT2D eigenvalue weighted by Crippen LogP contribution is -2.31. The van der Waals surface area contributed by atoms with Crippen LogP contribution in [0.15, 0.2) is 18.6 Å². The lowest BCUT2D eigenvalue weighted by atomic mass is 10.0. The van der Waals surface area contributed by atoms with Crippen molar-refractivity contribution in [1.29, 1.82) is 0 Å². The molecule has 2 aromatic heterocycles. The number of unbranched alkanes of at least 4 members (excludes halogenated alkanes) is 8. The summed E-state index contributed by atoms with van der Waals surface area (Å²) in [6, 6.07) is 1.86. The van der Waals surface area contributed by atoms with E-state index in [4.69, 9.17) is 19.7 Å². The molecule has 0 aromatic carbocycles. The van der Waals surface area contributed by atoms with E-state index in [1.54, 1.807) is 6.92 Å². The Labute approximate surface area is 228 Å². The van der Waals surface area contributed by atoms with Crippen LogP contribution in [-0.2, 0) is 18.6 Å². The summed E-state index contributed by atoms with van der Waals surface area (Å²) in [4.78, 5) is 18.7. The fraction of sp³-hybridized carbons (Fsp3) is 0.786. The Kier molecular flexibility index (Phi) is 13.0. The van der Waals surface area contributed by atoms with Gasteiger partial charge in [0.15, 0.2) is 0 Å². The van der Waals surface area contributed by atoms with Crippen LogP contribution >= 0.6 is 7.60 Å². The summed E-state index contributed by atoms with van der Waals surface area (Å²) in [6.45, 7) is 6.46. The minimum atomic E-state index is -3.71. The molecule has 0 bridgehead atoms. The second-order valence-corrected chi connectivity index (χ2v) is 12.7. The van der Waals surface area contributed by atoms with Crippen molar-refractivity contribution in [3.63, 3.8) is 0 Å². The van der Waals surface area contributed by atoms with E-state index >= 15 is 0 Å². The third kappa shape index (κ3) is 9.30. The molecule has 3 rings (SSSR count). The summed E-state index contributed by atoms with van der Waals surface area (Å²) in [5.74, 6) is 0.408. The van der Waals surface area contributed by atoms with E-state index in [9.17, 15) is 9.46 Å². The zero-order valence-electron chi connectivity index (χ0n) is 23.6. The molecular weight excluding hydrogens is 503 g/mol. The molecule has 1 fully saturated rings. The number of hydrogen-bond acceptors (Lipinski definition) is 7. The highest BCUT2D eigenvalue weighted by Gasteiger charge is 2.41. The molecule has 1 aliphatic rings. The van der Waals surface area contributed by atoms with Gasteiger partial charge in [0.25, 0.3) is 0 Å². The van der Waals surface area contributed by atoms with Crippen LogP contribution in [0.25, 0.3) is 11.0 Å². The molecule has 3 N–H and O–H groups in total. The smallest absolute Gasteiger partial charge is 0.328 e. The molecule has 216 valence electrons. The van der Waals surface area contributed by atoms with E-state index in [1.165, 1.54) is 57.7 Å². The Hall–Kier alpha value is -1.51. The molecule has 1 saturated heterocycles. The van der Waals surface area contributed by atoms with E-state index in [1.807, 2.05) is 16.8 Å². The molecule has 9 nitrogen and oxygen atoms in total. The predicted octanol–water partition coefficient (Wildman–Crippen LogP) is 7.00. The zero-order valence-corrected chi connectivity index (χ0v) is 24.5. The Morgan fingerprint density at radius 3 is 2.37 bits per heavy atom. The Balaban J connectivity index is 1.66. The van der Waals surface area contributed by atoms with Crippen LogP contribution in [-0.4, -0.2) is 50.5 Å². The molecule has 0 aliphatic carbocycles. The Morgan fingerprint density at radius 2 is 1.74 bits per heavy atom. The van der Waals surface area contributed by atoms with Crippen molar-refractivity contribution in [3.8, 4) is 0 Å². The highest BCUT2D eigenvalue weighted by molar-refractivity contribution is 7.52. The van der Waals surface area contributed by atoms with Gasteiger partial charge in [-0.15, -0.1) is 0 Å². The number of hydrogen-bond donors (Lipinski definition) is 2. The number of fused-ring (bicyclic) bond motifs is 1. The summed E-state index contributed by atoms with van der Waals surface area (Å²) < 4.78 is 33.0. The highest BCUT2D eigenvalue weighted by Crippen LogP contribution is 2.47. The van der Waals surface area contributed by atoms with Crippen molar-refractivity contribution >= 4 is 24.4 Å². The maximum atomic E-state index is 12.5. The van der Waals surface area contributed by atoms with Crippen LogP contribution in [0.4, 0.5) is 5.82 Å². The van der Waals surface area contributed by atoms with Gasteiger partial charge in [-0.1, -0.05) is 85.0 Å². The van der Waals surface area contributed by atoms with Gasteiger partial charge in [0.1, 0.15) is 30.1 Å². The van der Waals surface area contributed by atoms with Crippen molar-refractivity contribution in [3.05, 3.63) is 18.6 Å². The second-order valence-electron chi connectivity index (χ2n) is 10.5. The van der Waals surface area contributed by atoms with Crippen LogP contribution < -0.4 is 5.73 Å². The molecule has 1 aliphatic heterocycles. The number of nitrogen functional groups attached to an aromatic ring is 1. The van der Waals surface area contributed by atoms with Crippen molar-refractivity contribution in [1.82, 2.24) is 14.5 Å². The largest absolute Gasteiger partial charge is 0.383 e. The summed E-state index contributed by atoms with van der Waals surface area (Å²) in [7, 11) is -3.71. The van der Waals surface area contributed by atoms with Crippen molar-refractivity contribution in [2.75, 3.05) is 18.5 Å². The molecular formula is C28H49N4O5P. The maximum Gasteiger partial charge on any atom is 0.328 e. The third-order valence-electron chi connectivity index (χ3n) is 7.49. The van der Waals surface area contributed by atoms with E-state index in [0.717, 1.165) is 31.1 Å². The lowest BCUT2D eigenvalue weighted by Gasteiger charge is -2.24. The quantitative estimate of drug-likeness (QED) is 0.141. The summed E-state index contributed by atoms with van der Waals surface area (Å²) in [6.07, 6.45) is 16.9. The first-order chi connectivity index (χ1) is 18.4. The first-order valence-electron chi connectivity index (χ1n) is 14.7. The Bertz CT molecular complexity index is 989. The van der Waals surface area contributed by atoms with Crippen LogP contribution in [0.5, 0.6) is 0 Å². The van der Waals surface area contributed by atoms with Gasteiger partial charge in [-0.3, -0.25) is 4.57 Å².